The molecule has 1 aromatic heterocycles. The number of aliphatic imine (C=N–C) groups is 1. The van der Waals surface area contributed by atoms with E-state index in [4.69, 9.17) is 4.74 Å². The molecule has 0 fully saturated rings. The van der Waals surface area contributed by atoms with Gasteiger partial charge in [-0.1, -0.05) is 17.3 Å². The number of hydrogen-bond donors (Lipinski definition) is 1. The number of tetrazole rings is 1. The molecule has 0 spiro atoms. The van der Waals surface area contributed by atoms with Gasteiger partial charge in [0.05, 0.1) is 7.11 Å². The molecule has 19 heavy (non-hydrogen) atoms. The number of ether oxygens (including phenoxy) is 1. The topological polar surface area (TPSA) is 76.1 Å². The van der Waals surface area contributed by atoms with E-state index in [1.807, 2.05) is 12.1 Å². The number of benzene rings is 1. The fraction of sp³-hybridized carbons (Fsp3) is 0.333. The number of H-pyrrole nitrogens is 1. The zero-order chi connectivity index (χ0) is 12.4. The summed E-state index contributed by atoms with van der Waals surface area (Å²) in [5.74, 6) is 1.55. The summed E-state index contributed by atoms with van der Waals surface area (Å²) in [6, 6.07) is 8.15. The van der Waals surface area contributed by atoms with Crippen molar-refractivity contribution < 1.29 is 4.74 Å². The van der Waals surface area contributed by atoms with Crippen molar-refractivity contribution in [3.63, 3.8) is 0 Å². The number of nitrogens with zero attached hydrogens (tertiary/aromatic N) is 4. The predicted molar refractivity (Wildman–Crippen MR) is 72.9 cm³/mol. The Morgan fingerprint density at radius 3 is 2.63 bits per heavy atom. The lowest BCUT2D eigenvalue weighted by Crippen LogP contribution is -1.96. The molecule has 1 atom stereocenters. The smallest absolute Gasteiger partial charge is 0.204 e. The lowest BCUT2D eigenvalue weighted by Gasteiger charge is -2.01. The molecule has 2 aromatic rings. The van der Waals surface area contributed by atoms with Crippen molar-refractivity contribution in [1.29, 1.82) is 0 Å². The maximum Gasteiger partial charge on any atom is 0.204 e. The Kier molecular flexibility index (Phi) is 4.11. The average Bonchev–Trinajstić information content (AvgIpc) is 2.99. The first-order valence-electron chi connectivity index (χ1n) is 5.79. The zero-order valence-electron chi connectivity index (χ0n) is 10.4. The van der Waals surface area contributed by atoms with E-state index in [-0.39, 0.29) is 18.4 Å². The molecule has 2 heterocycles. The van der Waals surface area contributed by atoms with Gasteiger partial charge in [-0.25, -0.2) is 0 Å². The van der Waals surface area contributed by atoms with Crippen LogP contribution in [-0.4, -0.2) is 33.4 Å². The van der Waals surface area contributed by atoms with Gasteiger partial charge in [0.15, 0.2) is 6.04 Å². The van der Waals surface area contributed by atoms with Crippen LogP contribution in [0, 0.1) is 0 Å². The molecular weight excluding hydrogens is 266 g/mol. The average molecular weight is 280 g/mol. The highest BCUT2D eigenvalue weighted by molar-refractivity contribution is 6.00. The lowest BCUT2D eigenvalue weighted by atomic mass is 10.1. The van der Waals surface area contributed by atoms with Gasteiger partial charge in [-0.15, -0.1) is 22.6 Å². The largest absolute Gasteiger partial charge is 0.497 e. The molecule has 0 saturated heterocycles. The number of methoxy groups -OCH3 is 1. The van der Waals surface area contributed by atoms with E-state index >= 15 is 0 Å². The van der Waals surface area contributed by atoms with Crippen molar-refractivity contribution in [1.82, 2.24) is 20.6 Å². The summed E-state index contributed by atoms with van der Waals surface area (Å²) in [5.41, 5.74) is 2.42. The van der Waals surface area contributed by atoms with Crippen molar-refractivity contribution in [3.05, 3.63) is 35.7 Å². The summed E-state index contributed by atoms with van der Waals surface area (Å²) in [6.07, 6.45) is 1.91. The third-order valence-corrected chi connectivity index (χ3v) is 2.98. The number of rotatable bonds is 5. The van der Waals surface area contributed by atoms with Gasteiger partial charge in [0.25, 0.3) is 0 Å². The van der Waals surface area contributed by atoms with E-state index in [1.165, 1.54) is 5.56 Å². The highest BCUT2D eigenvalue weighted by atomic mass is 35.5. The van der Waals surface area contributed by atoms with Gasteiger partial charge in [-0.3, -0.25) is 4.99 Å². The van der Waals surface area contributed by atoms with Crippen LogP contribution in [0.3, 0.4) is 0 Å². The molecule has 100 valence electrons. The van der Waals surface area contributed by atoms with Crippen molar-refractivity contribution >= 4 is 18.1 Å². The molecule has 1 aliphatic rings. The molecular formula is C12H14ClN5O. The molecule has 1 unspecified atom stereocenters. The van der Waals surface area contributed by atoms with Gasteiger partial charge >= 0.3 is 0 Å². The zero-order valence-corrected chi connectivity index (χ0v) is 11.2. The second-order valence-corrected chi connectivity index (χ2v) is 4.14. The van der Waals surface area contributed by atoms with Crippen LogP contribution < -0.4 is 4.74 Å². The maximum absolute atomic E-state index is 5.12. The number of aromatic nitrogens is 4. The van der Waals surface area contributed by atoms with E-state index in [1.54, 1.807) is 7.11 Å². The molecule has 0 aliphatic carbocycles. The summed E-state index contributed by atoms with van der Waals surface area (Å²) in [4.78, 5) is 4.35. The van der Waals surface area contributed by atoms with Crippen LogP contribution in [0.5, 0.6) is 5.75 Å². The number of nitrogens with one attached hydrogen (secondary N) is 1. The second kappa shape index (κ2) is 5.79. The SMILES string of the molecule is COc1ccc(CCC2=NC2c2nn[nH]n2)cc1.Cl. The Hall–Kier alpha value is -1.95. The first-order chi connectivity index (χ1) is 8.86. The van der Waals surface area contributed by atoms with E-state index in [0.29, 0.717) is 5.82 Å². The minimum absolute atomic E-state index is 0. The van der Waals surface area contributed by atoms with Gasteiger partial charge in [-0.2, -0.15) is 5.21 Å². The van der Waals surface area contributed by atoms with Gasteiger partial charge in [-0.05, 0) is 30.5 Å². The first kappa shape index (κ1) is 13.5. The number of aromatic amines is 1. The lowest BCUT2D eigenvalue weighted by molar-refractivity contribution is 0.414. The third-order valence-electron chi connectivity index (χ3n) is 2.98. The van der Waals surface area contributed by atoms with Crippen LogP contribution in [0.2, 0.25) is 0 Å². The summed E-state index contributed by atoms with van der Waals surface area (Å²) in [7, 11) is 1.67. The van der Waals surface area contributed by atoms with Gasteiger partial charge < -0.3 is 4.74 Å². The highest BCUT2D eigenvalue weighted by Crippen LogP contribution is 2.30. The molecule has 0 amide bonds. The van der Waals surface area contributed by atoms with Crippen LogP contribution in [0.1, 0.15) is 23.9 Å². The van der Waals surface area contributed by atoms with E-state index in [2.05, 4.69) is 37.7 Å². The van der Waals surface area contributed by atoms with Crippen molar-refractivity contribution in [3.8, 4) is 5.75 Å². The van der Waals surface area contributed by atoms with E-state index < -0.39 is 0 Å². The van der Waals surface area contributed by atoms with Crippen LogP contribution in [0.15, 0.2) is 29.3 Å². The van der Waals surface area contributed by atoms with E-state index in [9.17, 15) is 0 Å². The third kappa shape index (κ3) is 3.08. The Balaban J connectivity index is 0.00000133. The summed E-state index contributed by atoms with van der Waals surface area (Å²) < 4.78 is 5.12. The van der Waals surface area contributed by atoms with Crippen LogP contribution in [0.4, 0.5) is 0 Å². The van der Waals surface area contributed by atoms with E-state index in [0.717, 1.165) is 24.3 Å². The van der Waals surface area contributed by atoms with Gasteiger partial charge in [0.1, 0.15) is 5.75 Å². The first-order valence-corrected chi connectivity index (χ1v) is 5.79. The molecule has 0 saturated carbocycles. The van der Waals surface area contributed by atoms with Crippen LogP contribution >= 0.6 is 12.4 Å². The second-order valence-electron chi connectivity index (χ2n) is 4.14. The molecule has 0 radical (unpaired) electrons. The Labute approximate surface area is 116 Å². The van der Waals surface area contributed by atoms with Crippen molar-refractivity contribution in [2.75, 3.05) is 7.11 Å². The monoisotopic (exact) mass is 279 g/mol. The molecule has 1 N–H and O–H groups in total. The summed E-state index contributed by atoms with van der Waals surface area (Å²) in [5, 5.41) is 13.8. The van der Waals surface area contributed by atoms with Crippen molar-refractivity contribution in [2.45, 2.75) is 18.9 Å². The van der Waals surface area contributed by atoms with Crippen LogP contribution in [-0.2, 0) is 6.42 Å². The maximum atomic E-state index is 5.12. The normalized spacial score (nSPS) is 16.5. The fourth-order valence-electron chi connectivity index (χ4n) is 1.89. The van der Waals surface area contributed by atoms with Gasteiger partial charge in [0.2, 0.25) is 5.82 Å². The summed E-state index contributed by atoms with van der Waals surface area (Å²) in [6.45, 7) is 0. The molecule has 3 rings (SSSR count). The van der Waals surface area contributed by atoms with Crippen molar-refractivity contribution in [2.24, 2.45) is 4.99 Å². The minimum atomic E-state index is 0. The molecule has 6 nitrogen and oxygen atoms in total. The van der Waals surface area contributed by atoms with Crippen LogP contribution in [0.25, 0.3) is 0 Å². The molecule has 0 bridgehead atoms. The minimum Gasteiger partial charge on any atom is -0.497 e. The summed E-state index contributed by atoms with van der Waals surface area (Å²) >= 11 is 0. The Morgan fingerprint density at radius 2 is 2.00 bits per heavy atom. The quantitative estimate of drug-likeness (QED) is 0.905. The molecule has 1 aliphatic heterocycles. The number of halogens is 1. The predicted octanol–water partition coefficient (Wildman–Crippen LogP) is 1.76. The highest BCUT2D eigenvalue weighted by Gasteiger charge is 2.32. The standard InChI is InChI=1S/C12H13N5O.ClH/c1-18-9-5-2-8(3-6-9)4-7-10-11(13-10)12-14-16-17-15-12;/h2-3,5-6,11H,4,7H2,1H3,(H,14,15,16,17);1H. The Morgan fingerprint density at radius 1 is 1.21 bits per heavy atom. The Bertz CT molecular complexity index is 552. The molecule has 1 aromatic carbocycles. The number of hydrogen-bond acceptors (Lipinski definition) is 5. The fourth-order valence-corrected chi connectivity index (χ4v) is 1.89. The molecule has 7 heteroatoms. The number of aryl methyl sites for hydroxylation is 1. The van der Waals surface area contributed by atoms with Gasteiger partial charge in [0, 0.05) is 5.71 Å².